The number of hydrogen-bond donors (Lipinski definition) is 2. The number of rotatable bonds is 4. The molecule has 16 heavy (non-hydrogen) atoms. The van der Waals surface area contributed by atoms with Crippen LogP contribution in [0.5, 0.6) is 0 Å². The largest absolute Gasteiger partial charge is 0.395 e. The molecular formula is C12H19N3O. The lowest BCUT2D eigenvalue weighted by atomic mass is 9.97. The Morgan fingerprint density at radius 1 is 1.56 bits per heavy atom. The van der Waals surface area contributed by atoms with E-state index in [-0.39, 0.29) is 6.61 Å². The number of piperidine rings is 1. The zero-order valence-electron chi connectivity index (χ0n) is 9.52. The molecule has 1 fully saturated rings. The van der Waals surface area contributed by atoms with E-state index in [0.717, 1.165) is 37.4 Å². The lowest BCUT2D eigenvalue weighted by Gasteiger charge is -2.22. The van der Waals surface area contributed by atoms with Crippen LogP contribution in [-0.2, 0) is 6.54 Å². The van der Waals surface area contributed by atoms with Gasteiger partial charge < -0.3 is 15.0 Å². The third-order valence-electron chi connectivity index (χ3n) is 3.08. The molecule has 1 aliphatic rings. The number of imidazole rings is 1. The van der Waals surface area contributed by atoms with Gasteiger partial charge in [0.1, 0.15) is 5.82 Å². The molecule has 4 heteroatoms. The van der Waals surface area contributed by atoms with Crippen LogP contribution < -0.4 is 5.32 Å². The fourth-order valence-corrected chi connectivity index (χ4v) is 2.24. The molecule has 1 aromatic heterocycles. The molecule has 2 heterocycles. The third-order valence-corrected chi connectivity index (χ3v) is 3.08. The number of nitrogens with one attached hydrogen (secondary N) is 1. The summed E-state index contributed by atoms with van der Waals surface area (Å²) in [7, 11) is 0. The average molecular weight is 221 g/mol. The van der Waals surface area contributed by atoms with Gasteiger partial charge in [0, 0.05) is 18.7 Å². The van der Waals surface area contributed by atoms with Crippen molar-refractivity contribution in [3.05, 3.63) is 24.3 Å². The van der Waals surface area contributed by atoms with Gasteiger partial charge in [0.05, 0.1) is 12.3 Å². The van der Waals surface area contributed by atoms with E-state index < -0.39 is 0 Å². The Labute approximate surface area is 96.0 Å². The van der Waals surface area contributed by atoms with Gasteiger partial charge in [0.15, 0.2) is 0 Å². The van der Waals surface area contributed by atoms with Crippen molar-refractivity contribution in [2.75, 3.05) is 19.7 Å². The van der Waals surface area contributed by atoms with E-state index in [1.165, 1.54) is 0 Å². The van der Waals surface area contributed by atoms with E-state index in [1.54, 1.807) is 6.08 Å². The van der Waals surface area contributed by atoms with E-state index in [9.17, 15) is 0 Å². The minimum Gasteiger partial charge on any atom is -0.395 e. The molecule has 1 saturated heterocycles. The summed E-state index contributed by atoms with van der Waals surface area (Å²) in [6.07, 6.45) is 5.98. The van der Waals surface area contributed by atoms with Crippen molar-refractivity contribution in [3.63, 3.8) is 0 Å². The van der Waals surface area contributed by atoms with Crippen LogP contribution in [0.2, 0.25) is 0 Å². The zero-order chi connectivity index (χ0) is 11.4. The van der Waals surface area contributed by atoms with Crippen LogP contribution in [0.4, 0.5) is 0 Å². The average Bonchev–Trinajstić information content (AvgIpc) is 2.74. The van der Waals surface area contributed by atoms with Crippen molar-refractivity contribution >= 4 is 6.08 Å². The summed E-state index contributed by atoms with van der Waals surface area (Å²) in [6, 6.07) is 0. The van der Waals surface area contributed by atoms with Crippen LogP contribution in [0.25, 0.3) is 6.08 Å². The van der Waals surface area contributed by atoms with Crippen LogP contribution in [0.3, 0.4) is 0 Å². The molecule has 1 aromatic rings. The molecule has 1 aliphatic heterocycles. The van der Waals surface area contributed by atoms with Crippen LogP contribution in [0, 0.1) is 0 Å². The summed E-state index contributed by atoms with van der Waals surface area (Å²) in [6.45, 7) is 6.63. The quantitative estimate of drug-likeness (QED) is 0.797. The molecule has 0 unspecified atom stereocenters. The lowest BCUT2D eigenvalue weighted by Crippen LogP contribution is -2.28. The predicted molar refractivity (Wildman–Crippen MR) is 64.2 cm³/mol. The minimum absolute atomic E-state index is 0.158. The first-order valence-electron chi connectivity index (χ1n) is 5.86. The molecule has 0 atom stereocenters. The van der Waals surface area contributed by atoms with Gasteiger partial charge >= 0.3 is 0 Å². The molecule has 2 N–H and O–H groups in total. The molecule has 0 amide bonds. The number of nitrogens with zero attached hydrogens (tertiary/aromatic N) is 2. The molecule has 0 spiro atoms. The van der Waals surface area contributed by atoms with Gasteiger partial charge in [-0.3, -0.25) is 0 Å². The van der Waals surface area contributed by atoms with Gasteiger partial charge in [0.2, 0.25) is 0 Å². The van der Waals surface area contributed by atoms with Crippen LogP contribution in [-0.4, -0.2) is 34.4 Å². The van der Waals surface area contributed by atoms with E-state index in [0.29, 0.717) is 12.5 Å². The Balaban J connectivity index is 2.22. The number of hydrogen-bond acceptors (Lipinski definition) is 3. The predicted octanol–water partition coefficient (Wildman–Crippen LogP) is 0.985. The third kappa shape index (κ3) is 2.33. The number of aliphatic hydroxyl groups excluding tert-OH is 1. The standard InChI is InChI=1S/C12H19N3O/c1-2-11-9-15(7-8-16)12(14-11)10-3-5-13-6-4-10/h2,9-10,13,16H,1,3-8H2. The Morgan fingerprint density at radius 3 is 2.94 bits per heavy atom. The number of aromatic nitrogens is 2. The summed E-state index contributed by atoms with van der Waals surface area (Å²) in [5.74, 6) is 1.62. The fourth-order valence-electron chi connectivity index (χ4n) is 2.24. The fraction of sp³-hybridized carbons (Fsp3) is 0.583. The van der Waals surface area contributed by atoms with Crippen LogP contribution in [0.15, 0.2) is 12.8 Å². The Morgan fingerprint density at radius 2 is 2.31 bits per heavy atom. The highest BCUT2D eigenvalue weighted by Gasteiger charge is 2.20. The first kappa shape index (κ1) is 11.4. The Hall–Kier alpha value is -1.13. The van der Waals surface area contributed by atoms with Crippen LogP contribution in [0.1, 0.15) is 30.3 Å². The highest BCUT2D eigenvalue weighted by molar-refractivity contribution is 5.40. The van der Waals surface area contributed by atoms with Gasteiger partial charge in [-0.25, -0.2) is 4.98 Å². The maximum Gasteiger partial charge on any atom is 0.112 e. The first-order valence-corrected chi connectivity index (χ1v) is 5.86. The second-order valence-electron chi connectivity index (χ2n) is 4.17. The number of aliphatic hydroxyl groups is 1. The molecule has 0 radical (unpaired) electrons. The maximum absolute atomic E-state index is 9.04. The molecule has 0 saturated carbocycles. The maximum atomic E-state index is 9.04. The van der Waals surface area contributed by atoms with Crippen molar-refractivity contribution in [1.29, 1.82) is 0 Å². The molecule has 0 bridgehead atoms. The molecule has 2 rings (SSSR count). The van der Waals surface area contributed by atoms with E-state index in [4.69, 9.17) is 5.11 Å². The Kier molecular flexibility index (Phi) is 3.74. The SMILES string of the molecule is C=Cc1cn(CCO)c(C2CCNCC2)n1. The highest BCUT2D eigenvalue weighted by Crippen LogP contribution is 2.24. The van der Waals surface area contributed by atoms with Gasteiger partial charge in [-0.15, -0.1) is 0 Å². The normalized spacial score (nSPS) is 17.6. The van der Waals surface area contributed by atoms with Gasteiger partial charge in [0.25, 0.3) is 0 Å². The second kappa shape index (κ2) is 5.27. The van der Waals surface area contributed by atoms with Gasteiger partial charge in [-0.05, 0) is 32.0 Å². The minimum atomic E-state index is 0.158. The molecule has 4 nitrogen and oxygen atoms in total. The summed E-state index contributed by atoms with van der Waals surface area (Å²) >= 11 is 0. The topological polar surface area (TPSA) is 50.1 Å². The summed E-state index contributed by atoms with van der Waals surface area (Å²) in [5, 5.41) is 12.4. The van der Waals surface area contributed by atoms with Gasteiger partial charge in [-0.2, -0.15) is 0 Å². The first-order chi connectivity index (χ1) is 7.85. The smallest absolute Gasteiger partial charge is 0.112 e. The van der Waals surface area contributed by atoms with E-state index in [1.807, 2.05) is 6.20 Å². The summed E-state index contributed by atoms with van der Waals surface area (Å²) in [4.78, 5) is 4.58. The summed E-state index contributed by atoms with van der Waals surface area (Å²) in [5.41, 5.74) is 0.905. The Bertz CT molecular complexity index is 353. The monoisotopic (exact) mass is 221 g/mol. The lowest BCUT2D eigenvalue weighted by molar-refractivity contribution is 0.271. The van der Waals surface area contributed by atoms with Crippen molar-refractivity contribution in [2.45, 2.75) is 25.3 Å². The van der Waals surface area contributed by atoms with Crippen molar-refractivity contribution in [1.82, 2.24) is 14.9 Å². The van der Waals surface area contributed by atoms with Crippen molar-refractivity contribution in [3.8, 4) is 0 Å². The summed E-state index contributed by atoms with van der Waals surface area (Å²) < 4.78 is 2.06. The van der Waals surface area contributed by atoms with E-state index >= 15 is 0 Å². The van der Waals surface area contributed by atoms with Crippen LogP contribution >= 0.6 is 0 Å². The molecule has 0 aliphatic carbocycles. The van der Waals surface area contributed by atoms with E-state index in [2.05, 4.69) is 21.4 Å². The zero-order valence-corrected chi connectivity index (χ0v) is 9.52. The van der Waals surface area contributed by atoms with Crippen molar-refractivity contribution in [2.24, 2.45) is 0 Å². The molecule has 88 valence electrons. The van der Waals surface area contributed by atoms with Crippen molar-refractivity contribution < 1.29 is 5.11 Å². The molecular weight excluding hydrogens is 202 g/mol. The molecule has 0 aromatic carbocycles. The highest BCUT2D eigenvalue weighted by atomic mass is 16.3. The van der Waals surface area contributed by atoms with Gasteiger partial charge in [-0.1, -0.05) is 6.58 Å². The second-order valence-corrected chi connectivity index (χ2v) is 4.17.